The summed E-state index contributed by atoms with van der Waals surface area (Å²) in [6, 6.07) is 2.02. The van der Waals surface area contributed by atoms with Gasteiger partial charge in [0.05, 0.1) is 0 Å². The molecule has 4 nitrogen and oxygen atoms in total. The Morgan fingerprint density at radius 3 is 2.47 bits per heavy atom. The number of hydrogen-bond acceptors (Lipinski definition) is 3. The van der Waals surface area contributed by atoms with Gasteiger partial charge in [0.1, 0.15) is 23.0 Å². The molecule has 17 heavy (non-hydrogen) atoms. The molecule has 0 saturated carbocycles. The molecule has 0 aromatic carbocycles. The molecule has 0 atom stereocenters. The Balaban J connectivity index is 2.67. The third-order valence-electron chi connectivity index (χ3n) is 3.00. The number of nitrogen functional groups attached to an aromatic ring is 1. The van der Waals surface area contributed by atoms with Crippen LogP contribution in [0.15, 0.2) is 10.5 Å². The molecule has 4 heteroatoms. The van der Waals surface area contributed by atoms with Gasteiger partial charge in [-0.2, -0.15) is 5.10 Å². The highest BCUT2D eigenvalue weighted by Gasteiger charge is 2.21. The van der Waals surface area contributed by atoms with Gasteiger partial charge in [-0.15, -0.1) is 0 Å². The molecule has 0 fully saturated rings. The van der Waals surface area contributed by atoms with Crippen LogP contribution in [0, 0.1) is 13.8 Å². The second kappa shape index (κ2) is 3.95. The molecule has 0 aliphatic carbocycles. The maximum atomic E-state index is 6.07. The SMILES string of the molecule is Cc1cc(-c2nn(C)c(N)c2C(C)C)c(C)o1. The molecule has 2 rings (SSSR count). The first-order chi connectivity index (χ1) is 7.91. The minimum Gasteiger partial charge on any atom is -0.466 e. The van der Waals surface area contributed by atoms with Crippen LogP contribution in [0.2, 0.25) is 0 Å². The van der Waals surface area contributed by atoms with Gasteiger partial charge >= 0.3 is 0 Å². The van der Waals surface area contributed by atoms with Gasteiger partial charge in [0.2, 0.25) is 0 Å². The maximum absolute atomic E-state index is 6.07. The molecule has 2 heterocycles. The number of furan rings is 1. The minimum atomic E-state index is 0.341. The lowest BCUT2D eigenvalue weighted by atomic mass is 9.99. The van der Waals surface area contributed by atoms with Crippen molar-refractivity contribution < 1.29 is 4.42 Å². The van der Waals surface area contributed by atoms with Crippen molar-refractivity contribution in [1.29, 1.82) is 0 Å². The van der Waals surface area contributed by atoms with Crippen molar-refractivity contribution >= 4 is 5.82 Å². The summed E-state index contributed by atoms with van der Waals surface area (Å²) in [7, 11) is 1.87. The Kier molecular flexibility index (Phi) is 2.73. The Morgan fingerprint density at radius 1 is 1.35 bits per heavy atom. The molecular weight excluding hydrogens is 214 g/mol. The van der Waals surface area contributed by atoms with Gasteiger partial charge in [0, 0.05) is 18.2 Å². The van der Waals surface area contributed by atoms with E-state index in [0.717, 1.165) is 34.2 Å². The van der Waals surface area contributed by atoms with Crippen LogP contribution in [-0.2, 0) is 7.05 Å². The van der Waals surface area contributed by atoms with E-state index in [4.69, 9.17) is 10.2 Å². The van der Waals surface area contributed by atoms with Crippen molar-refractivity contribution in [2.24, 2.45) is 7.05 Å². The number of anilines is 1. The third kappa shape index (κ3) is 1.84. The Bertz CT molecular complexity index is 549. The Morgan fingerprint density at radius 2 is 2.00 bits per heavy atom. The summed E-state index contributed by atoms with van der Waals surface area (Å²) in [6.07, 6.45) is 0. The maximum Gasteiger partial charge on any atom is 0.125 e. The molecule has 2 aromatic heterocycles. The van der Waals surface area contributed by atoms with E-state index in [1.807, 2.05) is 27.0 Å². The first kappa shape index (κ1) is 11.8. The fraction of sp³-hybridized carbons (Fsp3) is 0.462. The van der Waals surface area contributed by atoms with Crippen molar-refractivity contribution in [2.75, 3.05) is 5.73 Å². The topological polar surface area (TPSA) is 57.0 Å². The van der Waals surface area contributed by atoms with Crippen molar-refractivity contribution in [2.45, 2.75) is 33.6 Å². The molecule has 0 bridgehead atoms. The highest BCUT2D eigenvalue weighted by Crippen LogP contribution is 2.35. The van der Waals surface area contributed by atoms with Crippen LogP contribution in [-0.4, -0.2) is 9.78 Å². The smallest absolute Gasteiger partial charge is 0.125 e. The summed E-state index contributed by atoms with van der Waals surface area (Å²) in [6.45, 7) is 8.15. The average Bonchev–Trinajstić information content (AvgIpc) is 2.68. The van der Waals surface area contributed by atoms with Gasteiger partial charge in [-0.05, 0) is 25.8 Å². The van der Waals surface area contributed by atoms with Gasteiger partial charge in [0.15, 0.2) is 0 Å². The van der Waals surface area contributed by atoms with Gasteiger partial charge in [-0.1, -0.05) is 13.8 Å². The molecule has 0 radical (unpaired) electrons. The molecule has 0 saturated heterocycles. The van der Waals surface area contributed by atoms with E-state index in [2.05, 4.69) is 18.9 Å². The van der Waals surface area contributed by atoms with Crippen LogP contribution >= 0.6 is 0 Å². The van der Waals surface area contributed by atoms with Crippen molar-refractivity contribution in [3.8, 4) is 11.3 Å². The largest absolute Gasteiger partial charge is 0.466 e. The predicted molar refractivity (Wildman–Crippen MR) is 68.9 cm³/mol. The van der Waals surface area contributed by atoms with Gasteiger partial charge in [-0.3, -0.25) is 4.68 Å². The molecule has 0 spiro atoms. The van der Waals surface area contributed by atoms with E-state index in [1.54, 1.807) is 4.68 Å². The monoisotopic (exact) mass is 233 g/mol. The summed E-state index contributed by atoms with van der Waals surface area (Å²) in [5.74, 6) is 2.86. The summed E-state index contributed by atoms with van der Waals surface area (Å²) < 4.78 is 7.29. The van der Waals surface area contributed by atoms with Crippen LogP contribution in [0.4, 0.5) is 5.82 Å². The fourth-order valence-corrected chi connectivity index (χ4v) is 2.19. The van der Waals surface area contributed by atoms with Crippen molar-refractivity contribution in [3.63, 3.8) is 0 Å². The standard InChI is InChI=1S/C13H19N3O/c1-7(2)11-12(15-16(5)13(11)14)10-6-8(3)17-9(10)4/h6-7H,14H2,1-5H3. The second-order valence-electron chi connectivity index (χ2n) is 4.75. The van der Waals surface area contributed by atoms with Crippen LogP contribution in [0.3, 0.4) is 0 Å². The quantitative estimate of drug-likeness (QED) is 0.867. The zero-order valence-electron chi connectivity index (χ0n) is 11.0. The first-order valence-corrected chi connectivity index (χ1v) is 5.81. The molecule has 0 amide bonds. The number of aromatic nitrogens is 2. The zero-order valence-corrected chi connectivity index (χ0v) is 11.0. The molecule has 2 aromatic rings. The third-order valence-corrected chi connectivity index (χ3v) is 3.00. The highest BCUT2D eigenvalue weighted by molar-refractivity contribution is 5.71. The normalized spacial score (nSPS) is 11.4. The van der Waals surface area contributed by atoms with Crippen molar-refractivity contribution in [1.82, 2.24) is 9.78 Å². The summed E-state index contributed by atoms with van der Waals surface area (Å²) in [4.78, 5) is 0. The predicted octanol–water partition coefficient (Wildman–Crippen LogP) is 3.00. The van der Waals surface area contributed by atoms with E-state index in [0.29, 0.717) is 5.92 Å². The zero-order chi connectivity index (χ0) is 12.7. The van der Waals surface area contributed by atoms with Gasteiger partial charge in [0.25, 0.3) is 0 Å². The molecule has 92 valence electrons. The number of nitrogens with zero attached hydrogens (tertiary/aromatic N) is 2. The van der Waals surface area contributed by atoms with E-state index in [-0.39, 0.29) is 0 Å². The van der Waals surface area contributed by atoms with E-state index in [1.165, 1.54) is 0 Å². The Hall–Kier alpha value is -1.71. The fourth-order valence-electron chi connectivity index (χ4n) is 2.19. The lowest BCUT2D eigenvalue weighted by Crippen LogP contribution is -2.00. The number of rotatable bonds is 2. The summed E-state index contributed by atoms with van der Waals surface area (Å²) in [5.41, 5.74) is 9.14. The van der Waals surface area contributed by atoms with Gasteiger partial charge in [-0.25, -0.2) is 0 Å². The number of nitrogens with two attached hydrogens (primary N) is 1. The van der Waals surface area contributed by atoms with Crippen LogP contribution < -0.4 is 5.73 Å². The summed E-state index contributed by atoms with van der Waals surface area (Å²) in [5, 5.41) is 4.51. The molecular formula is C13H19N3O. The average molecular weight is 233 g/mol. The number of hydrogen-bond donors (Lipinski definition) is 1. The molecule has 2 N–H and O–H groups in total. The van der Waals surface area contributed by atoms with Crippen molar-refractivity contribution in [3.05, 3.63) is 23.2 Å². The summed E-state index contributed by atoms with van der Waals surface area (Å²) >= 11 is 0. The van der Waals surface area contributed by atoms with Gasteiger partial charge < -0.3 is 10.2 Å². The first-order valence-electron chi connectivity index (χ1n) is 5.81. The van der Waals surface area contributed by atoms with E-state index >= 15 is 0 Å². The lowest BCUT2D eigenvalue weighted by Gasteiger charge is -2.06. The Labute approximate surface area is 101 Å². The van der Waals surface area contributed by atoms with E-state index in [9.17, 15) is 0 Å². The second-order valence-corrected chi connectivity index (χ2v) is 4.75. The highest BCUT2D eigenvalue weighted by atomic mass is 16.3. The van der Waals surface area contributed by atoms with Crippen LogP contribution in [0.5, 0.6) is 0 Å². The lowest BCUT2D eigenvalue weighted by molar-refractivity contribution is 0.505. The number of aryl methyl sites for hydroxylation is 3. The molecule has 0 unspecified atom stereocenters. The van der Waals surface area contributed by atoms with E-state index < -0.39 is 0 Å². The molecule has 0 aliphatic rings. The van der Waals surface area contributed by atoms with Crippen LogP contribution in [0.1, 0.15) is 36.8 Å². The van der Waals surface area contributed by atoms with Crippen LogP contribution in [0.25, 0.3) is 11.3 Å². The minimum absolute atomic E-state index is 0.341. The molecule has 0 aliphatic heterocycles.